The molecule has 0 aromatic carbocycles. The summed E-state index contributed by atoms with van der Waals surface area (Å²) >= 11 is 1.38. The summed E-state index contributed by atoms with van der Waals surface area (Å²) in [5.41, 5.74) is 0. The van der Waals surface area contributed by atoms with Crippen LogP contribution in [0, 0.1) is 0 Å². The number of carbonyl (C=O) groups is 1. The molecule has 0 radical (unpaired) electrons. The quantitative estimate of drug-likeness (QED) is 0.771. The first kappa shape index (κ1) is 14.2. The van der Waals surface area contributed by atoms with Crippen LogP contribution >= 0.6 is 23.7 Å². The molecule has 0 aliphatic heterocycles. The fourth-order valence-corrected chi connectivity index (χ4v) is 1.78. The lowest BCUT2D eigenvalue weighted by atomic mass is 10.4. The standard InChI is InChI=1S/C9H14N2O2S.ClH/c1-10-4-5-11-9(12)8-7(13-2)3-6-14-8;/h3,6,10H,4-5H2,1-2H3,(H,11,12);1H. The van der Waals surface area contributed by atoms with Crippen LogP contribution in [0.4, 0.5) is 0 Å². The highest BCUT2D eigenvalue weighted by molar-refractivity contribution is 7.12. The molecule has 4 nitrogen and oxygen atoms in total. The fourth-order valence-electron chi connectivity index (χ4n) is 1.01. The molecule has 0 atom stereocenters. The van der Waals surface area contributed by atoms with E-state index < -0.39 is 0 Å². The number of likely N-dealkylation sites (N-methyl/N-ethyl adjacent to an activating group) is 1. The Morgan fingerprint density at radius 3 is 2.87 bits per heavy atom. The first-order chi connectivity index (χ1) is 6.79. The monoisotopic (exact) mass is 250 g/mol. The van der Waals surface area contributed by atoms with Gasteiger partial charge in [-0.15, -0.1) is 23.7 Å². The first-order valence-corrected chi connectivity index (χ1v) is 5.22. The molecule has 1 aromatic rings. The van der Waals surface area contributed by atoms with Gasteiger partial charge < -0.3 is 15.4 Å². The number of halogens is 1. The maximum absolute atomic E-state index is 11.6. The van der Waals surface area contributed by atoms with E-state index in [1.165, 1.54) is 11.3 Å². The van der Waals surface area contributed by atoms with Crippen LogP contribution in [-0.2, 0) is 0 Å². The molecule has 0 fully saturated rings. The van der Waals surface area contributed by atoms with Gasteiger partial charge in [0.2, 0.25) is 0 Å². The third-order valence-electron chi connectivity index (χ3n) is 1.72. The van der Waals surface area contributed by atoms with Crippen LogP contribution < -0.4 is 15.4 Å². The van der Waals surface area contributed by atoms with Crippen molar-refractivity contribution >= 4 is 29.7 Å². The van der Waals surface area contributed by atoms with Crippen LogP contribution in [0.5, 0.6) is 5.75 Å². The van der Waals surface area contributed by atoms with Crippen molar-refractivity contribution in [3.8, 4) is 5.75 Å². The number of hydrogen-bond acceptors (Lipinski definition) is 4. The third kappa shape index (κ3) is 4.07. The van der Waals surface area contributed by atoms with Crippen LogP contribution in [0.15, 0.2) is 11.4 Å². The lowest BCUT2D eigenvalue weighted by Crippen LogP contribution is -2.30. The van der Waals surface area contributed by atoms with E-state index >= 15 is 0 Å². The predicted molar refractivity (Wildman–Crippen MR) is 64.4 cm³/mol. The highest BCUT2D eigenvalue weighted by Crippen LogP contribution is 2.23. The summed E-state index contributed by atoms with van der Waals surface area (Å²) in [6.45, 7) is 1.38. The van der Waals surface area contributed by atoms with Gasteiger partial charge in [0.15, 0.2) is 0 Å². The van der Waals surface area contributed by atoms with Crippen LogP contribution in [0.1, 0.15) is 9.67 Å². The van der Waals surface area contributed by atoms with Crippen molar-refractivity contribution in [2.24, 2.45) is 0 Å². The molecule has 0 spiro atoms. The van der Waals surface area contributed by atoms with Crippen molar-refractivity contribution in [2.75, 3.05) is 27.2 Å². The number of carbonyl (C=O) groups excluding carboxylic acids is 1. The molecular formula is C9H15ClN2O2S. The molecule has 0 saturated heterocycles. The van der Waals surface area contributed by atoms with Crippen molar-refractivity contribution in [3.63, 3.8) is 0 Å². The lowest BCUT2D eigenvalue weighted by molar-refractivity contribution is 0.0955. The number of ether oxygens (including phenoxy) is 1. The Morgan fingerprint density at radius 1 is 1.53 bits per heavy atom. The van der Waals surface area contributed by atoms with Gasteiger partial charge in [0.1, 0.15) is 10.6 Å². The molecular weight excluding hydrogens is 236 g/mol. The molecule has 1 rings (SSSR count). The van der Waals surface area contributed by atoms with E-state index in [4.69, 9.17) is 4.74 Å². The van der Waals surface area contributed by atoms with Crippen LogP contribution in [0.2, 0.25) is 0 Å². The van der Waals surface area contributed by atoms with Gasteiger partial charge in [-0.2, -0.15) is 0 Å². The number of hydrogen-bond donors (Lipinski definition) is 2. The maximum atomic E-state index is 11.6. The SMILES string of the molecule is CNCCNC(=O)c1sccc1OC.Cl. The van der Waals surface area contributed by atoms with E-state index in [2.05, 4.69) is 10.6 Å². The van der Waals surface area contributed by atoms with E-state index in [1.54, 1.807) is 13.2 Å². The normalized spacial score (nSPS) is 9.20. The van der Waals surface area contributed by atoms with Crippen molar-refractivity contribution in [1.29, 1.82) is 0 Å². The molecule has 6 heteroatoms. The minimum atomic E-state index is -0.0768. The van der Waals surface area contributed by atoms with Gasteiger partial charge >= 0.3 is 0 Å². The van der Waals surface area contributed by atoms with Gasteiger partial charge in [0, 0.05) is 13.1 Å². The fraction of sp³-hybridized carbons (Fsp3) is 0.444. The largest absolute Gasteiger partial charge is 0.495 e. The Hall–Kier alpha value is -0.780. The molecule has 15 heavy (non-hydrogen) atoms. The lowest BCUT2D eigenvalue weighted by Gasteiger charge is -2.04. The van der Waals surface area contributed by atoms with Gasteiger partial charge in [-0.25, -0.2) is 0 Å². The summed E-state index contributed by atoms with van der Waals surface area (Å²) in [6, 6.07) is 1.79. The second-order valence-corrected chi connectivity index (χ2v) is 3.59. The number of thiophene rings is 1. The topological polar surface area (TPSA) is 50.4 Å². The molecule has 0 aliphatic rings. The Labute approximate surface area is 99.4 Å². The molecule has 1 aromatic heterocycles. The zero-order valence-electron chi connectivity index (χ0n) is 8.70. The Kier molecular flexibility index (Phi) is 7.11. The number of nitrogens with one attached hydrogen (secondary N) is 2. The molecule has 0 bridgehead atoms. The summed E-state index contributed by atoms with van der Waals surface area (Å²) < 4.78 is 5.05. The molecule has 0 saturated carbocycles. The molecule has 1 amide bonds. The highest BCUT2D eigenvalue weighted by atomic mass is 35.5. The zero-order chi connectivity index (χ0) is 10.4. The smallest absolute Gasteiger partial charge is 0.265 e. The van der Waals surface area contributed by atoms with Crippen LogP contribution in [-0.4, -0.2) is 33.2 Å². The second kappa shape index (κ2) is 7.50. The summed E-state index contributed by atoms with van der Waals surface area (Å²) in [6.07, 6.45) is 0. The molecule has 86 valence electrons. The van der Waals surface area contributed by atoms with E-state index in [1.807, 2.05) is 12.4 Å². The van der Waals surface area contributed by atoms with Gasteiger partial charge in [0.05, 0.1) is 7.11 Å². The van der Waals surface area contributed by atoms with E-state index in [9.17, 15) is 4.79 Å². The van der Waals surface area contributed by atoms with Crippen LogP contribution in [0.25, 0.3) is 0 Å². The zero-order valence-corrected chi connectivity index (χ0v) is 10.3. The predicted octanol–water partition coefficient (Wildman–Crippen LogP) is 1.13. The molecule has 0 aliphatic carbocycles. The second-order valence-electron chi connectivity index (χ2n) is 2.68. The van der Waals surface area contributed by atoms with E-state index in [-0.39, 0.29) is 18.3 Å². The maximum Gasteiger partial charge on any atom is 0.265 e. The summed E-state index contributed by atoms with van der Waals surface area (Å²) in [5, 5.41) is 7.58. The van der Waals surface area contributed by atoms with Crippen molar-refractivity contribution in [1.82, 2.24) is 10.6 Å². The average molecular weight is 251 g/mol. The highest BCUT2D eigenvalue weighted by Gasteiger charge is 2.12. The number of rotatable bonds is 5. The van der Waals surface area contributed by atoms with Crippen molar-refractivity contribution in [2.45, 2.75) is 0 Å². The minimum absolute atomic E-state index is 0. The van der Waals surface area contributed by atoms with Gasteiger partial charge in [-0.1, -0.05) is 0 Å². The average Bonchev–Trinajstić information content (AvgIpc) is 2.65. The third-order valence-corrected chi connectivity index (χ3v) is 2.61. The first-order valence-electron chi connectivity index (χ1n) is 4.34. The minimum Gasteiger partial charge on any atom is -0.495 e. The Balaban J connectivity index is 0.00000196. The Bertz CT molecular complexity index is 304. The summed E-state index contributed by atoms with van der Waals surface area (Å²) in [5.74, 6) is 0.559. The van der Waals surface area contributed by atoms with Gasteiger partial charge in [-0.05, 0) is 18.5 Å². The number of methoxy groups -OCH3 is 1. The molecule has 1 heterocycles. The van der Waals surface area contributed by atoms with Gasteiger partial charge in [0.25, 0.3) is 5.91 Å². The van der Waals surface area contributed by atoms with E-state index in [0.29, 0.717) is 17.2 Å². The van der Waals surface area contributed by atoms with Gasteiger partial charge in [-0.3, -0.25) is 4.79 Å². The Morgan fingerprint density at radius 2 is 2.27 bits per heavy atom. The van der Waals surface area contributed by atoms with Crippen LogP contribution in [0.3, 0.4) is 0 Å². The number of amides is 1. The van der Waals surface area contributed by atoms with Crippen molar-refractivity contribution < 1.29 is 9.53 Å². The molecule has 0 unspecified atom stereocenters. The van der Waals surface area contributed by atoms with Crippen molar-refractivity contribution in [3.05, 3.63) is 16.3 Å². The molecule has 2 N–H and O–H groups in total. The van der Waals surface area contributed by atoms with E-state index in [0.717, 1.165) is 6.54 Å². The summed E-state index contributed by atoms with van der Waals surface area (Å²) in [4.78, 5) is 12.2. The summed E-state index contributed by atoms with van der Waals surface area (Å²) in [7, 11) is 3.41.